The molecular formula is C28H25N3O2. The van der Waals surface area contributed by atoms with Crippen molar-refractivity contribution in [2.75, 3.05) is 17.3 Å². The summed E-state index contributed by atoms with van der Waals surface area (Å²) in [5.74, 6) is 0.667. The van der Waals surface area contributed by atoms with E-state index >= 15 is 0 Å². The molecule has 0 aliphatic carbocycles. The number of allylic oxidation sites excluding steroid dienone is 3. The van der Waals surface area contributed by atoms with Crippen molar-refractivity contribution in [3.05, 3.63) is 108 Å². The van der Waals surface area contributed by atoms with Gasteiger partial charge in [0.25, 0.3) is 5.91 Å². The zero-order chi connectivity index (χ0) is 23.4. The van der Waals surface area contributed by atoms with Gasteiger partial charge >= 0.3 is 0 Å². The van der Waals surface area contributed by atoms with Crippen molar-refractivity contribution in [2.45, 2.75) is 19.3 Å². The van der Waals surface area contributed by atoms with Crippen molar-refractivity contribution >= 4 is 17.3 Å². The predicted molar refractivity (Wildman–Crippen MR) is 131 cm³/mol. The van der Waals surface area contributed by atoms with Gasteiger partial charge in [-0.25, -0.2) is 0 Å². The van der Waals surface area contributed by atoms with Crippen LogP contribution in [0.3, 0.4) is 0 Å². The number of likely N-dealkylation sites (N-methyl/N-ethyl adjacent to an activating group) is 1. The number of carbonyl (C=O) groups excluding carboxylic acids is 1. The lowest BCUT2D eigenvalue weighted by Crippen LogP contribution is -2.22. The number of rotatable bonds is 5. The van der Waals surface area contributed by atoms with Gasteiger partial charge in [0.2, 0.25) is 0 Å². The average molecular weight is 436 g/mol. The van der Waals surface area contributed by atoms with Crippen LogP contribution in [0, 0.1) is 11.3 Å². The fourth-order valence-electron chi connectivity index (χ4n) is 4.09. The van der Waals surface area contributed by atoms with Gasteiger partial charge in [0.1, 0.15) is 17.4 Å². The normalized spacial score (nSPS) is 15.6. The number of ether oxygens (including phenoxy) is 1. The van der Waals surface area contributed by atoms with Gasteiger partial charge in [-0.3, -0.25) is 4.79 Å². The van der Waals surface area contributed by atoms with Gasteiger partial charge in [0, 0.05) is 23.8 Å². The average Bonchev–Trinajstić information content (AvgIpc) is 3.02. The molecule has 3 aromatic rings. The van der Waals surface area contributed by atoms with E-state index in [2.05, 4.69) is 36.2 Å². The van der Waals surface area contributed by atoms with Gasteiger partial charge in [-0.15, -0.1) is 0 Å². The van der Waals surface area contributed by atoms with E-state index in [1.54, 1.807) is 24.3 Å². The zero-order valence-corrected chi connectivity index (χ0v) is 18.9. The highest BCUT2D eigenvalue weighted by atomic mass is 16.5. The molecule has 0 radical (unpaired) electrons. The Hall–Kier alpha value is -4.30. The Morgan fingerprint density at radius 2 is 1.67 bits per heavy atom. The summed E-state index contributed by atoms with van der Waals surface area (Å²) in [6, 6.07) is 26.7. The van der Waals surface area contributed by atoms with Gasteiger partial charge in [-0.05, 0) is 48.0 Å². The molecule has 164 valence electrons. The Kier molecular flexibility index (Phi) is 6.01. The molecule has 3 aromatic carbocycles. The first-order chi connectivity index (χ1) is 15.9. The summed E-state index contributed by atoms with van der Waals surface area (Å²) in [4.78, 5) is 15.0. The van der Waals surface area contributed by atoms with Crippen LogP contribution in [0.15, 0.2) is 102 Å². The fourth-order valence-corrected chi connectivity index (χ4v) is 4.09. The first kappa shape index (κ1) is 21.9. The minimum atomic E-state index is -0.491. The first-order valence-corrected chi connectivity index (χ1v) is 10.7. The van der Waals surface area contributed by atoms with Gasteiger partial charge < -0.3 is 15.0 Å². The minimum Gasteiger partial charge on any atom is -0.455 e. The number of hydrogen-bond donors (Lipinski definition) is 1. The number of para-hydroxylation sites is 4. The fraction of sp³-hybridized carbons (Fsp3) is 0.143. The van der Waals surface area contributed by atoms with E-state index in [1.165, 1.54) is 5.56 Å². The Balaban J connectivity index is 1.58. The third-order valence-electron chi connectivity index (χ3n) is 5.82. The van der Waals surface area contributed by atoms with Gasteiger partial charge in [0.05, 0.1) is 5.69 Å². The van der Waals surface area contributed by atoms with Gasteiger partial charge in [-0.1, -0.05) is 62.4 Å². The van der Waals surface area contributed by atoms with Crippen molar-refractivity contribution < 1.29 is 9.53 Å². The van der Waals surface area contributed by atoms with Crippen LogP contribution < -0.4 is 15.0 Å². The van der Waals surface area contributed by atoms with E-state index in [9.17, 15) is 10.1 Å². The number of nitriles is 1. The molecule has 0 unspecified atom stereocenters. The van der Waals surface area contributed by atoms with Gasteiger partial charge in [0.15, 0.2) is 5.75 Å². The molecule has 0 fully saturated rings. The maximum Gasteiger partial charge on any atom is 0.266 e. The summed E-state index contributed by atoms with van der Waals surface area (Å²) < 4.78 is 5.91. The number of amides is 1. The molecule has 4 rings (SSSR count). The maximum atomic E-state index is 12.9. The van der Waals surface area contributed by atoms with Crippen LogP contribution in [-0.2, 0) is 10.2 Å². The molecule has 1 N–H and O–H groups in total. The van der Waals surface area contributed by atoms with Crippen molar-refractivity contribution in [1.82, 2.24) is 0 Å². The summed E-state index contributed by atoms with van der Waals surface area (Å²) in [7, 11) is 2.00. The molecule has 0 spiro atoms. The Morgan fingerprint density at radius 3 is 2.39 bits per heavy atom. The van der Waals surface area contributed by atoms with Crippen molar-refractivity contribution in [2.24, 2.45) is 0 Å². The first-order valence-electron chi connectivity index (χ1n) is 10.7. The molecule has 1 aliphatic heterocycles. The van der Waals surface area contributed by atoms with Crippen LogP contribution >= 0.6 is 0 Å². The summed E-state index contributed by atoms with van der Waals surface area (Å²) in [5.41, 5.74) is 3.61. The molecule has 1 aliphatic rings. The SMILES string of the molecule is CN1/C(=C/C=C(/C#N)C(=O)Nc2ccccc2Oc2ccccc2)C(C)(C)c2ccccc21. The Bertz CT molecular complexity index is 1280. The van der Waals surface area contributed by atoms with E-state index in [0.717, 1.165) is 11.4 Å². The highest BCUT2D eigenvalue weighted by molar-refractivity contribution is 6.07. The quantitative estimate of drug-likeness (QED) is 0.384. The predicted octanol–water partition coefficient (Wildman–Crippen LogP) is 6.18. The summed E-state index contributed by atoms with van der Waals surface area (Å²) in [6.07, 6.45) is 3.43. The lowest BCUT2D eigenvalue weighted by Gasteiger charge is -2.23. The second kappa shape index (κ2) is 9.05. The lowest BCUT2D eigenvalue weighted by molar-refractivity contribution is -0.112. The molecule has 0 aromatic heterocycles. The largest absolute Gasteiger partial charge is 0.455 e. The van der Waals surface area contributed by atoms with Gasteiger partial charge in [-0.2, -0.15) is 5.26 Å². The molecule has 0 saturated heterocycles. The molecular weight excluding hydrogens is 410 g/mol. The van der Waals surface area contributed by atoms with Crippen LogP contribution in [0.4, 0.5) is 11.4 Å². The molecule has 5 nitrogen and oxygen atoms in total. The van der Waals surface area contributed by atoms with E-state index in [4.69, 9.17) is 4.74 Å². The van der Waals surface area contributed by atoms with Crippen molar-refractivity contribution in [1.29, 1.82) is 5.26 Å². The topological polar surface area (TPSA) is 65.4 Å². The third kappa shape index (κ3) is 4.37. The maximum absolute atomic E-state index is 12.9. The lowest BCUT2D eigenvalue weighted by atomic mass is 9.83. The second-order valence-electron chi connectivity index (χ2n) is 8.31. The number of carbonyl (C=O) groups is 1. The zero-order valence-electron chi connectivity index (χ0n) is 18.9. The molecule has 5 heteroatoms. The molecule has 33 heavy (non-hydrogen) atoms. The van der Waals surface area contributed by atoms with Crippen LogP contribution in [0.2, 0.25) is 0 Å². The monoisotopic (exact) mass is 435 g/mol. The Morgan fingerprint density at radius 1 is 1.00 bits per heavy atom. The highest BCUT2D eigenvalue weighted by Crippen LogP contribution is 2.46. The Labute approximate surface area is 194 Å². The second-order valence-corrected chi connectivity index (χ2v) is 8.31. The number of benzene rings is 3. The smallest absolute Gasteiger partial charge is 0.266 e. The third-order valence-corrected chi connectivity index (χ3v) is 5.82. The number of nitrogens with zero attached hydrogens (tertiary/aromatic N) is 2. The van der Waals surface area contributed by atoms with E-state index in [-0.39, 0.29) is 11.0 Å². The molecule has 0 bridgehead atoms. The number of hydrogen-bond acceptors (Lipinski definition) is 4. The summed E-state index contributed by atoms with van der Waals surface area (Å²) >= 11 is 0. The standard InChI is InChI=1S/C28H25N3O2/c1-28(2)22-13-7-9-15-24(22)31(3)26(28)18-17-20(19-29)27(32)30-23-14-8-10-16-25(23)33-21-11-5-4-6-12-21/h4-18H,1-3H3,(H,30,32)/b20-17-,26-18+. The van der Waals surface area contributed by atoms with Crippen LogP contribution in [0.25, 0.3) is 0 Å². The van der Waals surface area contributed by atoms with Crippen molar-refractivity contribution in [3.8, 4) is 17.6 Å². The van der Waals surface area contributed by atoms with E-state index in [0.29, 0.717) is 17.2 Å². The van der Waals surface area contributed by atoms with Crippen molar-refractivity contribution in [3.63, 3.8) is 0 Å². The van der Waals surface area contributed by atoms with Crippen LogP contribution in [0.5, 0.6) is 11.5 Å². The molecule has 1 heterocycles. The minimum absolute atomic E-state index is 0.0113. The number of anilines is 2. The van der Waals surface area contributed by atoms with E-state index < -0.39 is 5.91 Å². The number of fused-ring (bicyclic) bond motifs is 1. The van der Waals surface area contributed by atoms with Crippen LogP contribution in [-0.4, -0.2) is 13.0 Å². The summed E-state index contributed by atoms with van der Waals surface area (Å²) in [5, 5.41) is 12.5. The molecule has 1 amide bonds. The molecule has 0 saturated carbocycles. The van der Waals surface area contributed by atoms with Crippen LogP contribution in [0.1, 0.15) is 19.4 Å². The van der Waals surface area contributed by atoms with E-state index in [1.807, 2.05) is 67.7 Å². The highest BCUT2D eigenvalue weighted by Gasteiger charge is 2.37. The summed E-state index contributed by atoms with van der Waals surface area (Å²) in [6.45, 7) is 4.27. The number of nitrogens with one attached hydrogen (secondary N) is 1. The molecule has 0 atom stereocenters.